The molecule has 0 atom stereocenters. The van der Waals surface area contributed by atoms with Crippen LogP contribution in [-0.4, -0.2) is 22.8 Å². The van der Waals surface area contributed by atoms with Crippen LogP contribution < -0.4 is 15.2 Å². The highest BCUT2D eigenvalue weighted by molar-refractivity contribution is 5.52. The first-order chi connectivity index (χ1) is 9.97. The van der Waals surface area contributed by atoms with Crippen LogP contribution in [0, 0.1) is 0 Å². The molecule has 5 nitrogen and oxygen atoms in total. The maximum atomic E-state index is 6.23. The Hall–Kier alpha value is -2.01. The Morgan fingerprint density at radius 2 is 1.90 bits per heavy atom. The molecule has 21 heavy (non-hydrogen) atoms. The molecule has 0 radical (unpaired) electrons. The summed E-state index contributed by atoms with van der Waals surface area (Å²) in [7, 11) is 0. The molecule has 0 spiro atoms. The minimum absolute atomic E-state index is 0.498. The van der Waals surface area contributed by atoms with E-state index in [1.54, 1.807) is 12.5 Å². The third-order valence-electron chi connectivity index (χ3n) is 3.10. The van der Waals surface area contributed by atoms with Gasteiger partial charge in [-0.15, -0.1) is 0 Å². The maximum Gasteiger partial charge on any atom is 0.143 e. The zero-order chi connectivity index (χ0) is 15.5. The number of rotatable bonds is 6. The smallest absolute Gasteiger partial charge is 0.143 e. The standard InChI is InChI=1S/C16H23N3O2/c1-5-20-12-7-8-14(21-6-2)13(9-12)19-11-18-10-15(19)16(3,4)17/h7-11H,5-6,17H2,1-4H3. The number of hydrogen-bond acceptors (Lipinski definition) is 4. The third-order valence-corrected chi connectivity index (χ3v) is 3.10. The Morgan fingerprint density at radius 1 is 1.19 bits per heavy atom. The van der Waals surface area contributed by atoms with Crippen LogP contribution in [0.3, 0.4) is 0 Å². The molecule has 0 aliphatic heterocycles. The van der Waals surface area contributed by atoms with Crippen molar-refractivity contribution >= 4 is 0 Å². The Bertz CT molecular complexity index is 600. The van der Waals surface area contributed by atoms with E-state index in [-0.39, 0.29) is 0 Å². The van der Waals surface area contributed by atoms with E-state index in [2.05, 4.69) is 4.98 Å². The first kappa shape index (κ1) is 15.4. The number of hydrogen-bond donors (Lipinski definition) is 1. The van der Waals surface area contributed by atoms with Crippen molar-refractivity contribution in [2.45, 2.75) is 33.2 Å². The fraction of sp³-hybridized carbons (Fsp3) is 0.438. The second-order valence-corrected chi connectivity index (χ2v) is 5.37. The zero-order valence-electron chi connectivity index (χ0n) is 13.1. The largest absolute Gasteiger partial charge is 0.494 e. The van der Waals surface area contributed by atoms with E-state index in [9.17, 15) is 0 Å². The van der Waals surface area contributed by atoms with Gasteiger partial charge in [0.1, 0.15) is 11.5 Å². The molecule has 0 saturated heterocycles. The molecular weight excluding hydrogens is 266 g/mol. The normalized spacial score (nSPS) is 11.5. The van der Waals surface area contributed by atoms with E-state index >= 15 is 0 Å². The minimum Gasteiger partial charge on any atom is -0.494 e. The van der Waals surface area contributed by atoms with Crippen molar-refractivity contribution < 1.29 is 9.47 Å². The van der Waals surface area contributed by atoms with Gasteiger partial charge in [-0.25, -0.2) is 4.98 Å². The van der Waals surface area contributed by atoms with Gasteiger partial charge in [-0.2, -0.15) is 0 Å². The predicted molar refractivity (Wildman–Crippen MR) is 83.1 cm³/mol. The molecule has 0 unspecified atom stereocenters. The number of nitrogens with zero attached hydrogens (tertiary/aromatic N) is 2. The maximum absolute atomic E-state index is 6.23. The molecule has 2 N–H and O–H groups in total. The number of benzene rings is 1. The van der Waals surface area contributed by atoms with Crippen LogP contribution in [0.15, 0.2) is 30.7 Å². The van der Waals surface area contributed by atoms with Crippen molar-refractivity contribution in [3.05, 3.63) is 36.4 Å². The number of ether oxygens (including phenoxy) is 2. The van der Waals surface area contributed by atoms with Crippen LogP contribution in [0.25, 0.3) is 5.69 Å². The number of aromatic nitrogens is 2. The van der Waals surface area contributed by atoms with Gasteiger partial charge in [-0.1, -0.05) is 0 Å². The summed E-state index contributed by atoms with van der Waals surface area (Å²) in [6.07, 6.45) is 3.53. The van der Waals surface area contributed by atoms with Crippen LogP contribution in [0.5, 0.6) is 11.5 Å². The van der Waals surface area contributed by atoms with Crippen molar-refractivity contribution in [3.8, 4) is 17.2 Å². The second kappa shape index (κ2) is 6.18. The average molecular weight is 289 g/mol. The fourth-order valence-corrected chi connectivity index (χ4v) is 2.18. The highest BCUT2D eigenvalue weighted by Crippen LogP contribution is 2.31. The molecule has 0 aliphatic carbocycles. The molecule has 2 aromatic rings. The van der Waals surface area contributed by atoms with Gasteiger partial charge in [0.2, 0.25) is 0 Å². The Balaban J connectivity index is 2.55. The molecule has 0 amide bonds. The summed E-state index contributed by atoms with van der Waals surface area (Å²) in [5.74, 6) is 1.58. The average Bonchev–Trinajstić information content (AvgIpc) is 2.90. The lowest BCUT2D eigenvalue weighted by atomic mass is 10.0. The molecule has 1 heterocycles. The van der Waals surface area contributed by atoms with E-state index in [0.717, 1.165) is 22.9 Å². The van der Waals surface area contributed by atoms with Crippen LogP contribution in [0.2, 0.25) is 0 Å². The van der Waals surface area contributed by atoms with Crippen molar-refractivity contribution in [2.75, 3.05) is 13.2 Å². The van der Waals surface area contributed by atoms with Gasteiger partial charge in [0.25, 0.3) is 0 Å². The Labute approximate surface area is 125 Å². The quantitative estimate of drug-likeness (QED) is 0.888. The van der Waals surface area contributed by atoms with Gasteiger partial charge in [0.05, 0.1) is 42.7 Å². The van der Waals surface area contributed by atoms with E-state index in [1.165, 1.54) is 0 Å². The van der Waals surface area contributed by atoms with Crippen molar-refractivity contribution in [1.82, 2.24) is 9.55 Å². The summed E-state index contributed by atoms with van der Waals surface area (Å²) in [5, 5.41) is 0. The fourth-order valence-electron chi connectivity index (χ4n) is 2.18. The summed E-state index contributed by atoms with van der Waals surface area (Å²) in [4.78, 5) is 4.23. The third kappa shape index (κ3) is 3.36. The van der Waals surface area contributed by atoms with Crippen LogP contribution >= 0.6 is 0 Å². The molecule has 0 saturated carbocycles. The van der Waals surface area contributed by atoms with E-state index in [4.69, 9.17) is 15.2 Å². The van der Waals surface area contributed by atoms with Gasteiger partial charge >= 0.3 is 0 Å². The molecule has 0 bridgehead atoms. The Morgan fingerprint density at radius 3 is 2.52 bits per heavy atom. The van der Waals surface area contributed by atoms with Gasteiger partial charge in [0.15, 0.2) is 0 Å². The van der Waals surface area contributed by atoms with Gasteiger partial charge < -0.3 is 15.2 Å². The predicted octanol–water partition coefficient (Wildman–Crippen LogP) is 2.86. The molecular formula is C16H23N3O2. The lowest BCUT2D eigenvalue weighted by molar-refractivity contribution is 0.329. The number of nitrogens with two attached hydrogens (primary N) is 1. The molecule has 0 aliphatic rings. The van der Waals surface area contributed by atoms with Crippen molar-refractivity contribution in [3.63, 3.8) is 0 Å². The molecule has 1 aromatic carbocycles. The van der Waals surface area contributed by atoms with Gasteiger partial charge in [-0.3, -0.25) is 4.57 Å². The van der Waals surface area contributed by atoms with E-state index < -0.39 is 5.54 Å². The van der Waals surface area contributed by atoms with Crippen LogP contribution in [0.4, 0.5) is 0 Å². The van der Waals surface area contributed by atoms with Crippen molar-refractivity contribution in [2.24, 2.45) is 5.73 Å². The zero-order valence-corrected chi connectivity index (χ0v) is 13.1. The van der Waals surface area contributed by atoms with Crippen molar-refractivity contribution in [1.29, 1.82) is 0 Å². The molecule has 114 valence electrons. The summed E-state index contributed by atoms with van der Waals surface area (Å²) in [5.41, 5.74) is 7.53. The highest BCUT2D eigenvalue weighted by atomic mass is 16.5. The van der Waals surface area contributed by atoms with Crippen LogP contribution in [-0.2, 0) is 5.54 Å². The molecule has 0 fully saturated rings. The first-order valence-corrected chi connectivity index (χ1v) is 7.19. The first-order valence-electron chi connectivity index (χ1n) is 7.19. The summed E-state index contributed by atoms with van der Waals surface area (Å²) in [6.45, 7) is 9.04. The lowest BCUT2D eigenvalue weighted by Crippen LogP contribution is -2.31. The van der Waals surface area contributed by atoms with Gasteiger partial charge in [0, 0.05) is 6.07 Å². The Kier molecular flexibility index (Phi) is 4.53. The lowest BCUT2D eigenvalue weighted by Gasteiger charge is -2.22. The minimum atomic E-state index is -0.498. The highest BCUT2D eigenvalue weighted by Gasteiger charge is 2.21. The van der Waals surface area contributed by atoms with E-state index in [1.807, 2.05) is 50.5 Å². The van der Waals surface area contributed by atoms with Gasteiger partial charge in [-0.05, 0) is 39.8 Å². The SMILES string of the molecule is CCOc1ccc(OCC)c(-n2cncc2C(C)(C)N)c1. The summed E-state index contributed by atoms with van der Waals surface area (Å²) < 4.78 is 13.3. The summed E-state index contributed by atoms with van der Waals surface area (Å²) >= 11 is 0. The second-order valence-electron chi connectivity index (χ2n) is 5.37. The monoisotopic (exact) mass is 289 g/mol. The molecule has 2 rings (SSSR count). The van der Waals surface area contributed by atoms with Crippen LogP contribution in [0.1, 0.15) is 33.4 Å². The number of imidazole rings is 1. The topological polar surface area (TPSA) is 62.3 Å². The molecule has 5 heteroatoms. The summed E-state index contributed by atoms with van der Waals surface area (Å²) in [6, 6.07) is 5.77. The molecule has 1 aromatic heterocycles. The van der Waals surface area contributed by atoms with E-state index in [0.29, 0.717) is 13.2 Å².